The molecule has 0 radical (unpaired) electrons. The molecule has 8 heteroatoms. The lowest BCUT2D eigenvalue weighted by molar-refractivity contribution is -0.137. The quantitative estimate of drug-likeness (QED) is 0.686. The van der Waals surface area contributed by atoms with Crippen molar-refractivity contribution in [3.8, 4) is 0 Å². The van der Waals surface area contributed by atoms with Crippen molar-refractivity contribution in [1.82, 2.24) is 19.4 Å². The number of aromatic nitrogens is 2. The second-order valence-corrected chi connectivity index (χ2v) is 7.39. The summed E-state index contributed by atoms with van der Waals surface area (Å²) in [6, 6.07) is 5.26. The molecule has 0 saturated carbocycles. The van der Waals surface area contributed by atoms with Gasteiger partial charge in [-0.25, -0.2) is 4.98 Å². The van der Waals surface area contributed by atoms with Crippen LogP contribution >= 0.6 is 0 Å². The molecule has 2 aromatic rings. The van der Waals surface area contributed by atoms with Gasteiger partial charge < -0.3 is 14.4 Å². The third-order valence-corrected chi connectivity index (χ3v) is 4.36. The van der Waals surface area contributed by atoms with E-state index in [1.807, 2.05) is 32.8 Å². The van der Waals surface area contributed by atoms with E-state index >= 15 is 0 Å². The van der Waals surface area contributed by atoms with E-state index in [2.05, 4.69) is 4.98 Å². The summed E-state index contributed by atoms with van der Waals surface area (Å²) in [6.45, 7) is 5.54. The molecule has 0 aliphatic rings. The van der Waals surface area contributed by atoms with Crippen LogP contribution in [0, 0.1) is 5.92 Å². The third-order valence-electron chi connectivity index (χ3n) is 4.36. The number of halogens is 3. The highest BCUT2D eigenvalue weighted by Crippen LogP contribution is 2.29. The Bertz CT molecular complexity index is 784. The fraction of sp³-hybridized carbons (Fsp3) is 0.500. The molecule has 0 atom stereocenters. The first-order valence-electron chi connectivity index (χ1n) is 9.17. The largest absolute Gasteiger partial charge is 0.416 e. The van der Waals surface area contributed by atoms with Crippen LogP contribution in [-0.4, -0.2) is 52.4 Å². The zero-order valence-corrected chi connectivity index (χ0v) is 16.7. The molecule has 0 N–H and O–H groups in total. The van der Waals surface area contributed by atoms with Gasteiger partial charge in [-0.05, 0) is 31.8 Å². The highest BCUT2D eigenvalue weighted by Gasteiger charge is 2.30. The van der Waals surface area contributed by atoms with Gasteiger partial charge in [0.2, 0.25) is 5.91 Å². The van der Waals surface area contributed by atoms with Gasteiger partial charge in [0.25, 0.3) is 0 Å². The van der Waals surface area contributed by atoms with E-state index in [1.165, 1.54) is 6.07 Å². The number of rotatable bonds is 8. The predicted octanol–water partition coefficient (Wildman–Crippen LogP) is 3.50. The van der Waals surface area contributed by atoms with Gasteiger partial charge in [-0.1, -0.05) is 26.0 Å². The molecule has 0 fully saturated rings. The first-order valence-corrected chi connectivity index (χ1v) is 9.17. The Morgan fingerprint density at radius 2 is 1.93 bits per heavy atom. The van der Waals surface area contributed by atoms with Crippen LogP contribution in [0.3, 0.4) is 0 Å². The summed E-state index contributed by atoms with van der Waals surface area (Å²) in [5.41, 5.74) is -0.140. The molecule has 1 aromatic heterocycles. The molecule has 0 aliphatic carbocycles. The minimum absolute atomic E-state index is 0.0236. The monoisotopic (exact) mass is 396 g/mol. The van der Waals surface area contributed by atoms with Crippen molar-refractivity contribution in [1.29, 1.82) is 0 Å². The second kappa shape index (κ2) is 9.23. The number of hydrogen-bond donors (Lipinski definition) is 0. The Morgan fingerprint density at radius 3 is 2.54 bits per heavy atom. The summed E-state index contributed by atoms with van der Waals surface area (Å²) < 4.78 is 40.6. The highest BCUT2D eigenvalue weighted by molar-refractivity contribution is 5.78. The number of carbonyl (C=O) groups is 1. The molecule has 0 spiro atoms. The van der Waals surface area contributed by atoms with Crippen LogP contribution in [0.1, 0.15) is 30.8 Å². The summed E-state index contributed by atoms with van der Waals surface area (Å²) >= 11 is 0. The lowest BCUT2D eigenvalue weighted by atomic mass is 10.1. The maximum atomic E-state index is 12.9. The van der Waals surface area contributed by atoms with Gasteiger partial charge in [-0.2, -0.15) is 13.2 Å². The van der Waals surface area contributed by atoms with Crippen LogP contribution in [0.25, 0.3) is 0 Å². The third kappa shape index (κ3) is 6.09. The summed E-state index contributed by atoms with van der Waals surface area (Å²) in [5.74, 6) is 0.523. The summed E-state index contributed by atoms with van der Waals surface area (Å²) in [4.78, 5) is 20.6. The fourth-order valence-electron chi connectivity index (χ4n) is 2.80. The van der Waals surface area contributed by atoms with E-state index in [0.29, 0.717) is 31.0 Å². The number of nitrogens with zero attached hydrogens (tertiary/aromatic N) is 4. The van der Waals surface area contributed by atoms with Crippen LogP contribution in [0.4, 0.5) is 13.2 Å². The molecule has 0 bridgehead atoms. The number of hydrogen-bond acceptors (Lipinski definition) is 3. The van der Waals surface area contributed by atoms with E-state index in [0.717, 1.165) is 12.1 Å². The molecule has 154 valence electrons. The molecular formula is C20H27F3N4O. The van der Waals surface area contributed by atoms with Crippen molar-refractivity contribution in [3.05, 3.63) is 53.6 Å². The molecule has 0 saturated heterocycles. The maximum Gasteiger partial charge on any atom is 0.416 e. The summed E-state index contributed by atoms with van der Waals surface area (Å²) in [7, 11) is 3.87. The van der Waals surface area contributed by atoms with Gasteiger partial charge in [0, 0.05) is 37.9 Å². The Labute approximate surface area is 163 Å². The topological polar surface area (TPSA) is 41.4 Å². The number of likely N-dealkylation sites (N-methyl/N-ethyl adjacent to an activating group) is 1. The molecule has 1 aromatic carbocycles. The lowest BCUT2D eigenvalue weighted by Gasteiger charge is -2.26. The van der Waals surface area contributed by atoms with Gasteiger partial charge in [-0.3, -0.25) is 4.79 Å². The van der Waals surface area contributed by atoms with Gasteiger partial charge >= 0.3 is 6.18 Å². The summed E-state index contributed by atoms with van der Waals surface area (Å²) in [5, 5.41) is 0. The highest BCUT2D eigenvalue weighted by atomic mass is 19.4. The number of imidazole rings is 1. The molecular weight excluding hydrogens is 369 g/mol. The van der Waals surface area contributed by atoms with E-state index < -0.39 is 11.7 Å². The van der Waals surface area contributed by atoms with Gasteiger partial charge in [0.1, 0.15) is 5.82 Å². The van der Waals surface area contributed by atoms with Crippen LogP contribution in [-0.2, 0) is 24.1 Å². The van der Waals surface area contributed by atoms with Crippen molar-refractivity contribution in [2.45, 2.75) is 33.1 Å². The number of carbonyl (C=O) groups excluding carboxylic acids is 1. The van der Waals surface area contributed by atoms with Crippen molar-refractivity contribution in [2.24, 2.45) is 5.92 Å². The van der Waals surface area contributed by atoms with E-state index in [1.54, 1.807) is 27.9 Å². The van der Waals surface area contributed by atoms with Crippen molar-refractivity contribution in [2.75, 3.05) is 27.2 Å². The first kappa shape index (κ1) is 21.9. The zero-order valence-electron chi connectivity index (χ0n) is 16.7. The molecule has 28 heavy (non-hydrogen) atoms. The second-order valence-electron chi connectivity index (χ2n) is 7.39. The molecule has 2 rings (SSSR count). The van der Waals surface area contributed by atoms with Crippen LogP contribution in [0.2, 0.25) is 0 Å². The minimum Gasteiger partial charge on any atom is -0.334 e. The zero-order chi connectivity index (χ0) is 20.9. The lowest BCUT2D eigenvalue weighted by Crippen LogP contribution is -2.39. The molecule has 1 amide bonds. The smallest absolute Gasteiger partial charge is 0.334 e. The number of amides is 1. The van der Waals surface area contributed by atoms with E-state index in [9.17, 15) is 18.0 Å². The predicted molar refractivity (Wildman–Crippen MR) is 102 cm³/mol. The number of alkyl halides is 3. The Kier molecular flexibility index (Phi) is 7.23. The van der Waals surface area contributed by atoms with Gasteiger partial charge in [0.15, 0.2) is 0 Å². The standard InChI is InChI=1S/C20H27F3N4O/c1-15(2)19(28)27(11-10-25(3)4)14-18-24-8-9-26(18)13-16-6-5-7-17(12-16)20(21,22)23/h5-9,12,15H,10-11,13-14H2,1-4H3. The van der Waals surface area contributed by atoms with Crippen molar-refractivity contribution >= 4 is 5.91 Å². The minimum atomic E-state index is -4.37. The normalized spacial score (nSPS) is 12.0. The Morgan fingerprint density at radius 1 is 1.21 bits per heavy atom. The van der Waals surface area contributed by atoms with Crippen LogP contribution < -0.4 is 0 Å². The first-order chi connectivity index (χ1) is 13.1. The fourth-order valence-corrected chi connectivity index (χ4v) is 2.80. The Balaban J connectivity index is 2.18. The van der Waals surface area contributed by atoms with E-state index in [-0.39, 0.29) is 18.4 Å². The van der Waals surface area contributed by atoms with Crippen LogP contribution in [0.15, 0.2) is 36.7 Å². The summed E-state index contributed by atoms with van der Waals surface area (Å²) in [6.07, 6.45) is -1.05. The van der Waals surface area contributed by atoms with Crippen molar-refractivity contribution in [3.63, 3.8) is 0 Å². The Hall–Kier alpha value is -2.35. The van der Waals surface area contributed by atoms with Crippen LogP contribution in [0.5, 0.6) is 0 Å². The molecule has 1 heterocycles. The number of benzene rings is 1. The molecule has 5 nitrogen and oxygen atoms in total. The molecule has 0 unspecified atom stereocenters. The average molecular weight is 396 g/mol. The SMILES string of the molecule is CC(C)C(=O)N(CCN(C)C)Cc1nccn1Cc1cccc(C(F)(F)F)c1. The van der Waals surface area contributed by atoms with Gasteiger partial charge in [0.05, 0.1) is 12.1 Å². The molecule has 0 aliphatic heterocycles. The van der Waals surface area contributed by atoms with E-state index in [4.69, 9.17) is 0 Å². The average Bonchev–Trinajstić information content (AvgIpc) is 3.04. The maximum absolute atomic E-state index is 12.9. The van der Waals surface area contributed by atoms with Gasteiger partial charge in [-0.15, -0.1) is 0 Å². The van der Waals surface area contributed by atoms with Crippen molar-refractivity contribution < 1.29 is 18.0 Å².